The lowest BCUT2D eigenvalue weighted by Gasteiger charge is -2.18. The highest BCUT2D eigenvalue weighted by molar-refractivity contribution is 5.71. The van der Waals surface area contributed by atoms with Gasteiger partial charge in [-0.3, -0.25) is 14.4 Å². The summed E-state index contributed by atoms with van der Waals surface area (Å²) in [6.45, 7) is 6.48. The molecule has 0 heterocycles. The first-order valence-electron chi connectivity index (χ1n) is 33.0. The van der Waals surface area contributed by atoms with Gasteiger partial charge in [-0.15, -0.1) is 0 Å². The van der Waals surface area contributed by atoms with Gasteiger partial charge in [0, 0.05) is 19.3 Å². The van der Waals surface area contributed by atoms with Gasteiger partial charge in [0.2, 0.25) is 0 Å². The van der Waals surface area contributed by atoms with Crippen LogP contribution in [0, 0.1) is 0 Å². The molecule has 0 fully saturated rings. The molecule has 0 aliphatic rings. The van der Waals surface area contributed by atoms with Crippen LogP contribution < -0.4 is 0 Å². The summed E-state index contributed by atoms with van der Waals surface area (Å²) in [5.41, 5.74) is 0. The fraction of sp³-hybridized carbons (Fsp3) is 0.685. The quantitative estimate of drug-likeness (QED) is 0.0261. The third-order valence-corrected chi connectivity index (χ3v) is 14.0. The van der Waals surface area contributed by atoms with E-state index in [4.69, 9.17) is 14.2 Å². The first-order chi connectivity index (χ1) is 39.0. The highest BCUT2D eigenvalue weighted by Gasteiger charge is 2.19. The SMILES string of the molecule is CC/C=C\C/C=C\C/C=C\C/C=C\C/C=C\C/C=C\C/C=C\C/C=C\C/C=C\CCCCCCCC(=O)OCC(COC(=O)CCCCCCCCC)OC(=O)CCCCCCCCCCC/C=C\CCCCCCCCCC. The Kier molecular flexibility index (Phi) is 62.8. The van der Waals surface area contributed by atoms with Gasteiger partial charge in [-0.25, -0.2) is 0 Å². The Morgan fingerprint density at radius 2 is 0.494 bits per heavy atom. The fourth-order valence-corrected chi connectivity index (χ4v) is 9.02. The number of ether oxygens (including phenoxy) is 3. The van der Waals surface area contributed by atoms with Gasteiger partial charge in [0.15, 0.2) is 6.10 Å². The molecule has 0 aromatic heterocycles. The van der Waals surface area contributed by atoms with Crippen LogP contribution in [0.5, 0.6) is 0 Å². The fourth-order valence-electron chi connectivity index (χ4n) is 9.02. The van der Waals surface area contributed by atoms with Gasteiger partial charge in [-0.1, -0.05) is 290 Å². The Labute approximate surface area is 488 Å². The second kappa shape index (κ2) is 66.3. The highest BCUT2D eigenvalue weighted by atomic mass is 16.6. The van der Waals surface area contributed by atoms with Crippen LogP contribution >= 0.6 is 0 Å². The molecule has 0 rings (SSSR count). The Morgan fingerprint density at radius 3 is 0.785 bits per heavy atom. The smallest absolute Gasteiger partial charge is 0.306 e. The lowest BCUT2D eigenvalue weighted by Crippen LogP contribution is -2.30. The molecule has 0 aromatic carbocycles. The van der Waals surface area contributed by atoms with E-state index >= 15 is 0 Å². The van der Waals surface area contributed by atoms with Gasteiger partial charge in [0.1, 0.15) is 13.2 Å². The number of unbranched alkanes of at least 4 members (excludes halogenated alkanes) is 28. The summed E-state index contributed by atoms with van der Waals surface area (Å²) in [5.74, 6) is -0.909. The summed E-state index contributed by atoms with van der Waals surface area (Å²) in [5, 5.41) is 0. The normalized spacial score (nSPS) is 12.9. The zero-order chi connectivity index (χ0) is 57.1. The maximum absolute atomic E-state index is 12.9. The lowest BCUT2D eigenvalue weighted by molar-refractivity contribution is -0.167. The first-order valence-corrected chi connectivity index (χ1v) is 33.0. The van der Waals surface area contributed by atoms with Crippen LogP contribution in [0.2, 0.25) is 0 Å². The molecule has 450 valence electrons. The minimum atomic E-state index is -0.787. The van der Waals surface area contributed by atoms with E-state index in [9.17, 15) is 14.4 Å². The average molecular weight is 1100 g/mol. The van der Waals surface area contributed by atoms with Crippen LogP contribution in [0.1, 0.15) is 303 Å². The van der Waals surface area contributed by atoms with Crippen molar-refractivity contribution in [1.29, 1.82) is 0 Å². The molecule has 1 unspecified atom stereocenters. The van der Waals surface area contributed by atoms with E-state index in [2.05, 4.69) is 142 Å². The Bertz CT molecular complexity index is 1640. The Balaban J connectivity index is 4.19. The summed E-state index contributed by atoms with van der Waals surface area (Å²) in [7, 11) is 0. The zero-order valence-corrected chi connectivity index (χ0v) is 51.6. The molecule has 6 heteroatoms. The summed E-state index contributed by atoms with van der Waals surface area (Å²) in [6, 6.07) is 0. The van der Waals surface area contributed by atoms with Gasteiger partial charge in [0.05, 0.1) is 0 Å². The molecule has 79 heavy (non-hydrogen) atoms. The lowest BCUT2D eigenvalue weighted by atomic mass is 10.1. The Hall–Kier alpha value is -4.19. The maximum atomic E-state index is 12.9. The highest BCUT2D eigenvalue weighted by Crippen LogP contribution is 2.15. The third kappa shape index (κ3) is 64.5. The number of esters is 3. The van der Waals surface area contributed by atoms with Crippen LogP contribution in [0.4, 0.5) is 0 Å². The number of hydrogen-bond donors (Lipinski definition) is 0. The van der Waals surface area contributed by atoms with Gasteiger partial charge in [0.25, 0.3) is 0 Å². The predicted molar refractivity (Wildman–Crippen MR) is 343 cm³/mol. The summed E-state index contributed by atoms with van der Waals surface area (Å²) in [4.78, 5) is 38.1. The molecule has 6 nitrogen and oxygen atoms in total. The molecule has 0 bridgehead atoms. The van der Waals surface area contributed by atoms with Crippen molar-refractivity contribution in [2.45, 2.75) is 309 Å². The van der Waals surface area contributed by atoms with Crippen molar-refractivity contribution in [3.63, 3.8) is 0 Å². The van der Waals surface area contributed by atoms with Crippen molar-refractivity contribution in [3.8, 4) is 0 Å². The predicted octanol–water partition coefficient (Wildman–Crippen LogP) is 22.8. The van der Waals surface area contributed by atoms with E-state index < -0.39 is 6.10 Å². The van der Waals surface area contributed by atoms with Gasteiger partial charge < -0.3 is 14.2 Å². The van der Waals surface area contributed by atoms with Gasteiger partial charge in [-0.2, -0.15) is 0 Å². The number of allylic oxidation sites excluding steroid dienone is 20. The molecule has 0 spiro atoms. The van der Waals surface area contributed by atoms with E-state index in [0.717, 1.165) is 135 Å². The average Bonchev–Trinajstić information content (AvgIpc) is 3.45. The van der Waals surface area contributed by atoms with E-state index in [0.29, 0.717) is 19.3 Å². The number of carbonyl (C=O) groups excluding carboxylic acids is 3. The summed E-state index contributed by atoms with van der Waals surface area (Å²) >= 11 is 0. The molecular formula is C73H122O6. The number of carbonyl (C=O) groups is 3. The van der Waals surface area contributed by atoms with Crippen molar-refractivity contribution >= 4 is 17.9 Å². The van der Waals surface area contributed by atoms with Crippen LogP contribution in [0.25, 0.3) is 0 Å². The molecule has 0 aromatic rings. The van der Waals surface area contributed by atoms with Crippen molar-refractivity contribution < 1.29 is 28.6 Å². The van der Waals surface area contributed by atoms with Crippen molar-refractivity contribution in [3.05, 3.63) is 122 Å². The van der Waals surface area contributed by atoms with E-state index in [1.807, 2.05) is 0 Å². The van der Waals surface area contributed by atoms with E-state index in [1.165, 1.54) is 128 Å². The number of rotatable bonds is 59. The van der Waals surface area contributed by atoms with Gasteiger partial charge >= 0.3 is 17.9 Å². The first kappa shape index (κ1) is 74.8. The number of hydrogen-bond acceptors (Lipinski definition) is 6. The molecule has 0 aliphatic carbocycles. The van der Waals surface area contributed by atoms with Crippen LogP contribution in [-0.2, 0) is 28.6 Å². The largest absolute Gasteiger partial charge is 0.462 e. The molecule has 0 saturated heterocycles. The van der Waals surface area contributed by atoms with E-state index in [-0.39, 0.29) is 31.1 Å². The molecule has 1 atom stereocenters. The molecule has 0 saturated carbocycles. The topological polar surface area (TPSA) is 78.9 Å². The van der Waals surface area contributed by atoms with Crippen LogP contribution in [0.15, 0.2) is 122 Å². The summed E-state index contributed by atoms with van der Waals surface area (Å²) < 4.78 is 16.8. The molecule has 0 N–H and O–H groups in total. The van der Waals surface area contributed by atoms with Crippen molar-refractivity contribution in [2.24, 2.45) is 0 Å². The minimum absolute atomic E-state index is 0.0850. The molecule has 0 radical (unpaired) electrons. The third-order valence-electron chi connectivity index (χ3n) is 14.0. The van der Waals surface area contributed by atoms with Crippen molar-refractivity contribution in [2.75, 3.05) is 13.2 Å². The molecule has 0 aliphatic heterocycles. The minimum Gasteiger partial charge on any atom is -0.462 e. The second-order valence-electron chi connectivity index (χ2n) is 21.6. The summed E-state index contributed by atoms with van der Waals surface area (Å²) in [6.07, 6.45) is 92.3. The van der Waals surface area contributed by atoms with Crippen LogP contribution in [0.3, 0.4) is 0 Å². The van der Waals surface area contributed by atoms with Gasteiger partial charge in [-0.05, 0) is 116 Å². The van der Waals surface area contributed by atoms with Crippen molar-refractivity contribution in [1.82, 2.24) is 0 Å². The molecular weight excluding hydrogens is 973 g/mol. The maximum Gasteiger partial charge on any atom is 0.306 e. The standard InChI is InChI=1S/C73H122O6/c1-4-7-10-13-16-18-20-22-24-26-28-30-31-32-33-34-35-36-37-38-39-40-41-43-44-46-48-50-52-54-57-60-63-66-72(75)78-69-70(68-77-71(74)65-62-59-56-15-12-9-6-3)79-73(76)67-64-61-58-55-53-51-49-47-45-42-29-27-25-23-21-19-17-14-11-8-5-2/h7,10,16,18,22,24,27-30,32-33,35-36,38-39,41,43,46,48,70H,4-6,8-9,11-15,17,19-21,23,25-26,31,34,37,40,42,44-45,47,49-69H2,1-3H3/b10-7-,18-16-,24-22-,29-27-,30-28-,33-32-,36-35-,39-38-,43-41-,48-46-. The van der Waals surface area contributed by atoms with E-state index in [1.54, 1.807) is 0 Å². The second-order valence-corrected chi connectivity index (χ2v) is 21.6. The molecule has 0 amide bonds. The zero-order valence-electron chi connectivity index (χ0n) is 51.6. The van der Waals surface area contributed by atoms with Crippen LogP contribution in [-0.4, -0.2) is 37.2 Å². The monoisotopic (exact) mass is 1090 g/mol. The Morgan fingerprint density at radius 1 is 0.266 bits per heavy atom.